The second-order valence-electron chi connectivity index (χ2n) is 7.39. The van der Waals surface area contributed by atoms with E-state index in [2.05, 4.69) is 0 Å². The fraction of sp³-hybridized carbons (Fsp3) is 0.240. The topological polar surface area (TPSA) is 69.9 Å². The van der Waals surface area contributed by atoms with E-state index in [1.54, 1.807) is 62.5 Å². The smallest absolute Gasteiger partial charge is 0.387 e. The Labute approximate surface area is 199 Å². The third-order valence-corrected chi connectivity index (χ3v) is 5.59. The highest BCUT2D eigenvalue weighted by Gasteiger charge is 2.25. The second kappa shape index (κ2) is 9.77. The van der Waals surface area contributed by atoms with Crippen LogP contribution >= 0.6 is 11.6 Å². The molecular formula is C25H22ClF2NO5. The van der Waals surface area contributed by atoms with Crippen LogP contribution in [0.5, 0.6) is 17.4 Å². The quantitative estimate of drug-likeness (QED) is 0.296. The van der Waals surface area contributed by atoms with Crippen molar-refractivity contribution < 1.29 is 32.9 Å². The van der Waals surface area contributed by atoms with Crippen LogP contribution in [0, 0.1) is 0 Å². The van der Waals surface area contributed by atoms with Crippen molar-refractivity contribution >= 4 is 39.1 Å². The zero-order valence-corrected chi connectivity index (χ0v) is 19.2. The number of rotatable bonds is 8. The molecule has 0 aliphatic heterocycles. The van der Waals surface area contributed by atoms with Gasteiger partial charge >= 0.3 is 12.6 Å². The van der Waals surface area contributed by atoms with E-state index in [0.717, 1.165) is 0 Å². The Morgan fingerprint density at radius 2 is 1.76 bits per heavy atom. The van der Waals surface area contributed by atoms with Crippen molar-refractivity contribution in [1.82, 2.24) is 4.57 Å². The number of halogens is 3. The standard InChI is InChI=1S/C25H22ClF2NO5/c1-3-32-20(30)12-14-9-10-19(18(26)11-14)29-13-17-21(24(29)31)23(34-25(27)28)16-8-6-5-7-15(16)22(17)33-4-2/h5-11,13,25,31H,3-4,12H2,1-2H3. The van der Waals surface area contributed by atoms with E-state index >= 15 is 0 Å². The summed E-state index contributed by atoms with van der Waals surface area (Å²) in [6.07, 6.45) is 1.60. The van der Waals surface area contributed by atoms with Gasteiger partial charge in [0.1, 0.15) is 11.5 Å². The predicted octanol–water partition coefficient (Wildman–Crippen LogP) is 6.25. The van der Waals surface area contributed by atoms with Crippen molar-refractivity contribution in [1.29, 1.82) is 0 Å². The van der Waals surface area contributed by atoms with Crippen molar-refractivity contribution in [3.63, 3.8) is 0 Å². The average molecular weight is 490 g/mol. The molecule has 0 bridgehead atoms. The first-order chi connectivity index (χ1) is 16.3. The number of aromatic hydroxyl groups is 1. The summed E-state index contributed by atoms with van der Waals surface area (Å²) in [5.41, 5.74) is 1.02. The maximum Gasteiger partial charge on any atom is 0.387 e. The molecule has 34 heavy (non-hydrogen) atoms. The van der Waals surface area contributed by atoms with Crippen LogP contribution in [0.25, 0.3) is 27.2 Å². The minimum absolute atomic E-state index is 0.0414. The molecule has 0 spiro atoms. The first-order valence-corrected chi connectivity index (χ1v) is 11.0. The molecule has 4 rings (SSSR count). The molecule has 0 radical (unpaired) electrons. The molecule has 1 heterocycles. The SMILES string of the molecule is CCOC(=O)Cc1ccc(-n2cc3c(OCC)c4ccccc4c(OC(F)F)c3c2O)c(Cl)c1. The fourth-order valence-corrected chi connectivity index (χ4v) is 4.27. The van der Waals surface area contributed by atoms with E-state index in [9.17, 15) is 18.7 Å². The zero-order valence-electron chi connectivity index (χ0n) is 18.5. The van der Waals surface area contributed by atoms with Crippen molar-refractivity contribution in [2.45, 2.75) is 26.9 Å². The van der Waals surface area contributed by atoms with Gasteiger partial charge in [-0.2, -0.15) is 8.78 Å². The Hall–Kier alpha value is -3.52. The number of ether oxygens (including phenoxy) is 3. The number of benzene rings is 3. The van der Waals surface area contributed by atoms with Gasteiger partial charge in [0.15, 0.2) is 0 Å². The lowest BCUT2D eigenvalue weighted by atomic mass is 10.0. The molecule has 0 atom stereocenters. The van der Waals surface area contributed by atoms with Gasteiger partial charge in [-0.15, -0.1) is 0 Å². The molecule has 0 aliphatic rings. The lowest BCUT2D eigenvalue weighted by Gasteiger charge is -2.15. The van der Waals surface area contributed by atoms with Crippen LogP contribution in [0.2, 0.25) is 5.02 Å². The van der Waals surface area contributed by atoms with Gasteiger partial charge < -0.3 is 19.3 Å². The van der Waals surface area contributed by atoms with Gasteiger partial charge in [-0.05, 0) is 31.5 Å². The van der Waals surface area contributed by atoms with E-state index in [1.807, 2.05) is 0 Å². The second-order valence-corrected chi connectivity index (χ2v) is 7.80. The fourth-order valence-electron chi connectivity index (χ4n) is 3.98. The number of hydrogen-bond acceptors (Lipinski definition) is 5. The summed E-state index contributed by atoms with van der Waals surface area (Å²) in [6.45, 7) is 1.02. The third kappa shape index (κ3) is 4.33. The molecule has 4 aromatic rings. The average Bonchev–Trinajstić information content (AvgIpc) is 3.13. The maximum absolute atomic E-state index is 13.4. The minimum atomic E-state index is -3.10. The van der Waals surface area contributed by atoms with Crippen LogP contribution in [0.15, 0.2) is 48.7 Å². The highest BCUT2D eigenvalue weighted by molar-refractivity contribution is 6.32. The lowest BCUT2D eigenvalue weighted by molar-refractivity contribution is -0.142. The Bertz CT molecular complexity index is 1370. The number of hydrogen-bond donors (Lipinski definition) is 1. The Morgan fingerprint density at radius 1 is 1.06 bits per heavy atom. The minimum Gasteiger partial charge on any atom is -0.494 e. The van der Waals surface area contributed by atoms with Crippen molar-refractivity contribution in [2.24, 2.45) is 0 Å². The molecule has 0 aliphatic carbocycles. The maximum atomic E-state index is 13.4. The molecule has 6 nitrogen and oxygen atoms in total. The van der Waals surface area contributed by atoms with Gasteiger partial charge in [-0.3, -0.25) is 9.36 Å². The van der Waals surface area contributed by atoms with Crippen molar-refractivity contribution in [3.05, 3.63) is 59.2 Å². The zero-order chi connectivity index (χ0) is 24.4. The van der Waals surface area contributed by atoms with E-state index in [-0.39, 0.29) is 41.0 Å². The molecule has 9 heteroatoms. The highest BCUT2D eigenvalue weighted by Crippen LogP contribution is 2.48. The Balaban J connectivity index is 1.94. The van der Waals surface area contributed by atoms with Crippen molar-refractivity contribution in [2.75, 3.05) is 13.2 Å². The summed E-state index contributed by atoms with van der Waals surface area (Å²) in [5.74, 6) is -0.450. The van der Waals surface area contributed by atoms with Gasteiger partial charge in [-0.1, -0.05) is 41.9 Å². The highest BCUT2D eigenvalue weighted by atomic mass is 35.5. The number of esters is 1. The summed E-state index contributed by atoms with van der Waals surface area (Å²) in [6, 6.07) is 11.7. The number of fused-ring (bicyclic) bond motifs is 2. The first kappa shape index (κ1) is 23.6. The number of carbonyl (C=O) groups excluding carboxylic acids is 1. The number of alkyl halides is 2. The lowest BCUT2D eigenvalue weighted by Crippen LogP contribution is -2.07. The van der Waals surface area contributed by atoms with E-state index in [0.29, 0.717) is 39.8 Å². The number of aromatic nitrogens is 1. The molecule has 0 fully saturated rings. The molecule has 1 N–H and O–H groups in total. The molecule has 3 aromatic carbocycles. The van der Waals surface area contributed by atoms with Gasteiger partial charge in [0.2, 0.25) is 5.88 Å². The molecule has 0 saturated heterocycles. The third-order valence-electron chi connectivity index (χ3n) is 5.29. The van der Waals surface area contributed by atoms with Gasteiger partial charge in [0.25, 0.3) is 0 Å². The molecular weight excluding hydrogens is 468 g/mol. The summed E-state index contributed by atoms with van der Waals surface area (Å²) in [7, 11) is 0. The van der Waals surface area contributed by atoms with Crippen LogP contribution in [0.4, 0.5) is 8.78 Å². The largest absolute Gasteiger partial charge is 0.494 e. The normalized spacial score (nSPS) is 11.4. The van der Waals surface area contributed by atoms with Gasteiger partial charge in [0.05, 0.1) is 41.1 Å². The van der Waals surface area contributed by atoms with Gasteiger partial charge in [-0.25, -0.2) is 0 Å². The summed E-state index contributed by atoms with van der Waals surface area (Å²) >= 11 is 6.49. The predicted molar refractivity (Wildman–Crippen MR) is 126 cm³/mol. The van der Waals surface area contributed by atoms with E-state index < -0.39 is 6.61 Å². The molecule has 178 valence electrons. The summed E-state index contributed by atoms with van der Waals surface area (Å²) in [5, 5.41) is 12.8. The van der Waals surface area contributed by atoms with Crippen molar-refractivity contribution in [3.8, 4) is 23.1 Å². The van der Waals surface area contributed by atoms with E-state index in [1.165, 1.54) is 4.57 Å². The Morgan fingerprint density at radius 3 is 2.38 bits per heavy atom. The monoisotopic (exact) mass is 489 g/mol. The molecule has 0 amide bonds. The van der Waals surface area contributed by atoms with Gasteiger partial charge in [0, 0.05) is 17.0 Å². The first-order valence-electron chi connectivity index (χ1n) is 10.7. The number of carbonyl (C=O) groups is 1. The Kier molecular flexibility index (Phi) is 6.79. The van der Waals surface area contributed by atoms with E-state index in [4.69, 9.17) is 25.8 Å². The molecule has 0 saturated carbocycles. The van der Waals surface area contributed by atoms with Crippen LogP contribution in [0.1, 0.15) is 19.4 Å². The van der Waals surface area contributed by atoms with Crippen LogP contribution in [0.3, 0.4) is 0 Å². The summed E-state index contributed by atoms with van der Waals surface area (Å²) < 4.78 is 43.8. The summed E-state index contributed by atoms with van der Waals surface area (Å²) in [4.78, 5) is 11.8. The molecule has 1 aromatic heterocycles. The molecule has 0 unspecified atom stereocenters. The number of nitrogens with zero attached hydrogens (tertiary/aromatic N) is 1. The van der Waals surface area contributed by atoms with Crippen LogP contribution < -0.4 is 9.47 Å². The van der Waals surface area contributed by atoms with Crippen LogP contribution in [-0.4, -0.2) is 35.5 Å². The van der Waals surface area contributed by atoms with Crippen LogP contribution in [-0.2, 0) is 16.0 Å².